The van der Waals surface area contributed by atoms with Gasteiger partial charge >= 0.3 is 0 Å². The van der Waals surface area contributed by atoms with Crippen LogP contribution in [0.15, 0.2) is 84.9 Å². The molecule has 1 fully saturated rings. The van der Waals surface area contributed by atoms with E-state index in [2.05, 4.69) is 68.4 Å². The first-order chi connectivity index (χ1) is 14.2. The summed E-state index contributed by atoms with van der Waals surface area (Å²) in [7, 11) is 0. The Bertz CT molecular complexity index is 953. The van der Waals surface area contributed by atoms with Crippen LogP contribution in [0.2, 0.25) is 0 Å². The van der Waals surface area contributed by atoms with Crippen molar-refractivity contribution >= 4 is 0 Å². The van der Waals surface area contributed by atoms with Gasteiger partial charge in [0.15, 0.2) is 0 Å². The van der Waals surface area contributed by atoms with Crippen molar-refractivity contribution in [3.63, 3.8) is 0 Å². The topological polar surface area (TPSA) is 42.2 Å². The highest BCUT2D eigenvalue weighted by Gasteiger charge is 2.65. The van der Waals surface area contributed by atoms with Gasteiger partial charge in [0.1, 0.15) is 5.41 Å². The Labute approximate surface area is 172 Å². The van der Waals surface area contributed by atoms with Crippen LogP contribution < -0.4 is 0 Å². The molecular weight excluding hydrogens is 358 g/mol. The average molecular weight is 383 g/mol. The smallest absolute Gasteiger partial charge is 0.211 e. The lowest BCUT2D eigenvalue weighted by Gasteiger charge is -2.59. The van der Waals surface area contributed by atoms with Crippen molar-refractivity contribution in [2.24, 2.45) is 0 Å². The van der Waals surface area contributed by atoms with Gasteiger partial charge < -0.3 is 9.47 Å². The van der Waals surface area contributed by atoms with Gasteiger partial charge in [-0.15, -0.1) is 0 Å². The van der Waals surface area contributed by atoms with Crippen LogP contribution in [0.3, 0.4) is 0 Å². The summed E-state index contributed by atoms with van der Waals surface area (Å²) in [6.45, 7) is 4.72. The van der Waals surface area contributed by atoms with Crippen LogP contribution in [-0.4, -0.2) is 12.7 Å². The third-order valence-electron chi connectivity index (χ3n) is 5.92. The summed E-state index contributed by atoms with van der Waals surface area (Å²) in [5.74, 6) is -0.959. The van der Waals surface area contributed by atoms with Crippen LogP contribution in [0.5, 0.6) is 0 Å². The molecule has 0 radical (unpaired) electrons. The van der Waals surface area contributed by atoms with Crippen molar-refractivity contribution in [2.75, 3.05) is 6.61 Å². The molecule has 4 rings (SSSR count). The summed E-state index contributed by atoms with van der Waals surface area (Å²) in [5, 5.41) is 9.23. The molecule has 0 saturated carbocycles. The largest absolute Gasteiger partial charge is 0.343 e. The normalized spacial score (nSPS) is 21.0. The van der Waals surface area contributed by atoms with Crippen molar-refractivity contribution in [3.05, 3.63) is 107 Å². The van der Waals surface area contributed by atoms with E-state index < -0.39 is 11.2 Å². The van der Waals surface area contributed by atoms with Crippen LogP contribution in [-0.2, 0) is 20.7 Å². The second-order valence-corrected chi connectivity index (χ2v) is 7.57. The fraction of sp³-hybridized carbons (Fsp3) is 0.269. The zero-order valence-corrected chi connectivity index (χ0v) is 16.8. The Kier molecular flexibility index (Phi) is 5.24. The molecule has 3 aromatic carbocycles. The molecule has 1 saturated heterocycles. The van der Waals surface area contributed by atoms with Crippen molar-refractivity contribution < 1.29 is 9.47 Å². The standard InChI is InChI=1S/C26H25NO2/c1-3-20(2)29-26(24-16-14-21(18-27)15-17-24)25(19-28-26,22-10-6-4-7-11-22)23-12-8-5-9-13-23/h4-17,20H,3,19H2,1-2H3/t20-,26+/m0/s1. The summed E-state index contributed by atoms with van der Waals surface area (Å²) in [6.07, 6.45) is 0.888. The van der Waals surface area contributed by atoms with E-state index in [1.54, 1.807) is 0 Å². The van der Waals surface area contributed by atoms with Crippen molar-refractivity contribution in [2.45, 2.75) is 37.6 Å². The minimum Gasteiger partial charge on any atom is -0.343 e. The number of ether oxygens (including phenoxy) is 2. The maximum atomic E-state index is 9.23. The molecule has 1 aliphatic rings. The van der Waals surface area contributed by atoms with Gasteiger partial charge in [-0.1, -0.05) is 79.7 Å². The first kappa shape index (κ1) is 19.4. The lowest BCUT2D eigenvalue weighted by atomic mass is 9.62. The molecule has 3 aromatic rings. The maximum Gasteiger partial charge on any atom is 0.211 e. The number of hydrogen-bond donors (Lipinski definition) is 0. The Balaban J connectivity index is 1.96. The van der Waals surface area contributed by atoms with Gasteiger partial charge in [0.2, 0.25) is 5.79 Å². The number of hydrogen-bond acceptors (Lipinski definition) is 3. The highest BCUT2D eigenvalue weighted by Crippen LogP contribution is 2.58. The Morgan fingerprint density at radius 3 is 1.86 bits per heavy atom. The van der Waals surface area contributed by atoms with Gasteiger partial charge in [-0.05, 0) is 36.6 Å². The SMILES string of the molecule is CC[C@H](C)O[C@@]1(c2ccc(C#N)cc2)OCC1(c1ccccc1)c1ccccc1. The van der Waals surface area contributed by atoms with E-state index in [1.807, 2.05) is 36.4 Å². The predicted octanol–water partition coefficient (Wildman–Crippen LogP) is 5.54. The molecule has 0 aliphatic carbocycles. The molecule has 1 heterocycles. The van der Waals surface area contributed by atoms with E-state index in [4.69, 9.17) is 9.47 Å². The highest BCUT2D eigenvalue weighted by atomic mass is 16.7. The fourth-order valence-electron chi connectivity index (χ4n) is 4.17. The molecule has 3 nitrogen and oxygen atoms in total. The van der Waals surface area contributed by atoms with Crippen LogP contribution in [0, 0.1) is 11.3 Å². The van der Waals surface area contributed by atoms with E-state index in [0.29, 0.717) is 12.2 Å². The number of nitriles is 1. The minimum absolute atomic E-state index is 0.0118. The van der Waals surface area contributed by atoms with Gasteiger partial charge in [-0.2, -0.15) is 5.26 Å². The maximum absolute atomic E-state index is 9.23. The van der Waals surface area contributed by atoms with Gasteiger partial charge in [0, 0.05) is 5.56 Å². The molecule has 0 N–H and O–H groups in total. The molecule has 2 atom stereocenters. The molecule has 3 heteroatoms. The summed E-state index contributed by atoms with van der Waals surface area (Å²) in [4.78, 5) is 0. The van der Waals surface area contributed by atoms with E-state index >= 15 is 0 Å². The van der Waals surface area contributed by atoms with E-state index in [0.717, 1.165) is 23.1 Å². The van der Waals surface area contributed by atoms with Crippen LogP contribution >= 0.6 is 0 Å². The molecule has 0 spiro atoms. The quantitative estimate of drug-likeness (QED) is 0.561. The van der Waals surface area contributed by atoms with Gasteiger partial charge in [-0.25, -0.2) is 0 Å². The lowest BCUT2D eigenvalue weighted by Crippen LogP contribution is -2.66. The summed E-state index contributed by atoms with van der Waals surface area (Å²) >= 11 is 0. The zero-order chi connectivity index (χ0) is 20.3. The van der Waals surface area contributed by atoms with E-state index in [9.17, 15) is 5.26 Å². The Morgan fingerprint density at radius 1 is 0.897 bits per heavy atom. The Morgan fingerprint density at radius 2 is 1.45 bits per heavy atom. The molecule has 0 aromatic heterocycles. The predicted molar refractivity (Wildman–Crippen MR) is 113 cm³/mol. The molecule has 0 bridgehead atoms. The van der Waals surface area contributed by atoms with Crippen molar-refractivity contribution in [3.8, 4) is 6.07 Å². The molecular formula is C26H25NO2. The third-order valence-corrected chi connectivity index (χ3v) is 5.92. The molecule has 1 aliphatic heterocycles. The van der Waals surface area contributed by atoms with Crippen molar-refractivity contribution in [1.29, 1.82) is 5.26 Å². The second-order valence-electron chi connectivity index (χ2n) is 7.57. The first-order valence-corrected chi connectivity index (χ1v) is 10.1. The number of benzene rings is 3. The summed E-state index contributed by atoms with van der Waals surface area (Å²) in [6, 6.07) is 30.7. The summed E-state index contributed by atoms with van der Waals surface area (Å²) < 4.78 is 13.1. The first-order valence-electron chi connectivity index (χ1n) is 10.1. The minimum atomic E-state index is -0.959. The highest BCUT2D eigenvalue weighted by molar-refractivity contribution is 5.49. The van der Waals surface area contributed by atoms with E-state index in [-0.39, 0.29) is 6.10 Å². The van der Waals surface area contributed by atoms with Gasteiger partial charge in [-0.3, -0.25) is 0 Å². The van der Waals surface area contributed by atoms with Crippen LogP contribution in [0.25, 0.3) is 0 Å². The van der Waals surface area contributed by atoms with E-state index in [1.165, 1.54) is 0 Å². The van der Waals surface area contributed by atoms with Crippen LogP contribution in [0.4, 0.5) is 0 Å². The number of nitrogens with zero attached hydrogens (tertiary/aromatic N) is 1. The average Bonchev–Trinajstić information content (AvgIpc) is 2.78. The van der Waals surface area contributed by atoms with Crippen molar-refractivity contribution in [1.82, 2.24) is 0 Å². The van der Waals surface area contributed by atoms with Crippen LogP contribution in [0.1, 0.15) is 42.5 Å². The van der Waals surface area contributed by atoms with Gasteiger partial charge in [0.05, 0.1) is 24.3 Å². The lowest BCUT2D eigenvalue weighted by molar-refractivity contribution is -0.375. The Hall–Kier alpha value is -2.93. The number of rotatable bonds is 6. The fourth-order valence-corrected chi connectivity index (χ4v) is 4.17. The molecule has 29 heavy (non-hydrogen) atoms. The molecule has 0 unspecified atom stereocenters. The zero-order valence-electron chi connectivity index (χ0n) is 16.8. The third kappa shape index (κ3) is 3.06. The molecule has 0 amide bonds. The van der Waals surface area contributed by atoms with Gasteiger partial charge in [0.25, 0.3) is 0 Å². The molecule has 146 valence electrons. The monoisotopic (exact) mass is 383 g/mol. The summed E-state index contributed by atoms with van der Waals surface area (Å²) in [5.41, 5.74) is 3.38. The second kappa shape index (κ2) is 7.83.